The molecule has 1 aromatic heterocycles. The van der Waals surface area contributed by atoms with Gasteiger partial charge in [-0.2, -0.15) is 5.10 Å². The Kier molecular flexibility index (Phi) is 5.22. The summed E-state index contributed by atoms with van der Waals surface area (Å²) in [7, 11) is 1.25. The topological polar surface area (TPSA) is 92.8 Å². The molecule has 166 valence electrons. The Bertz CT molecular complexity index is 1500. The van der Waals surface area contributed by atoms with Crippen molar-refractivity contribution in [2.24, 2.45) is 0 Å². The van der Waals surface area contributed by atoms with E-state index in [1.807, 2.05) is 30.5 Å². The van der Waals surface area contributed by atoms with Crippen LogP contribution < -0.4 is 5.56 Å². The van der Waals surface area contributed by atoms with Crippen molar-refractivity contribution in [3.8, 4) is 11.3 Å². The number of halogens is 2. The van der Waals surface area contributed by atoms with E-state index in [1.54, 1.807) is 29.1 Å². The van der Waals surface area contributed by atoms with E-state index in [2.05, 4.69) is 15.2 Å². The molecule has 0 fully saturated rings. The number of H-pyrrole nitrogens is 2. The van der Waals surface area contributed by atoms with Gasteiger partial charge in [0.25, 0.3) is 5.56 Å². The van der Waals surface area contributed by atoms with Crippen molar-refractivity contribution < 1.29 is 13.9 Å². The van der Waals surface area contributed by atoms with Gasteiger partial charge < -0.3 is 14.3 Å². The van der Waals surface area contributed by atoms with Crippen molar-refractivity contribution in [1.82, 2.24) is 19.7 Å². The highest BCUT2D eigenvalue weighted by Gasteiger charge is 2.27. The van der Waals surface area contributed by atoms with Crippen LogP contribution >= 0.6 is 11.6 Å². The number of nitrogens with zero attached hydrogens (tertiary/aromatic N) is 2. The maximum Gasteiger partial charge on any atom is 0.341 e. The summed E-state index contributed by atoms with van der Waals surface area (Å²) in [5.74, 6) is -1.60. The maximum atomic E-state index is 15.1. The van der Waals surface area contributed by atoms with Crippen molar-refractivity contribution in [3.63, 3.8) is 0 Å². The first-order valence-corrected chi connectivity index (χ1v) is 10.5. The molecule has 7 nitrogen and oxygen atoms in total. The third-order valence-electron chi connectivity index (χ3n) is 5.76. The number of nitrogens with one attached hydrogen (secondary N) is 2. The summed E-state index contributed by atoms with van der Waals surface area (Å²) in [5, 5.41) is 7.52. The second-order valence-corrected chi connectivity index (χ2v) is 8.06. The summed E-state index contributed by atoms with van der Waals surface area (Å²) in [4.78, 5) is 27.9. The van der Waals surface area contributed by atoms with Crippen LogP contribution in [0.4, 0.5) is 4.39 Å². The first-order chi connectivity index (χ1) is 16.0. The third-order valence-corrected chi connectivity index (χ3v) is 6.09. The number of aromatic amines is 2. The summed E-state index contributed by atoms with van der Waals surface area (Å²) in [5.41, 5.74) is 2.20. The molecular formula is C24H18ClFN4O3. The summed E-state index contributed by atoms with van der Waals surface area (Å²) in [6, 6.07) is 12.3. The second-order valence-electron chi connectivity index (χ2n) is 7.65. The largest absolute Gasteiger partial charge is 0.465 e. The van der Waals surface area contributed by atoms with Crippen molar-refractivity contribution in [2.75, 3.05) is 7.11 Å². The first kappa shape index (κ1) is 21.0. The highest BCUT2D eigenvalue weighted by Crippen LogP contribution is 2.37. The highest BCUT2D eigenvalue weighted by atomic mass is 35.5. The molecule has 1 atom stereocenters. The van der Waals surface area contributed by atoms with E-state index in [9.17, 15) is 9.59 Å². The number of hydrogen-bond acceptors (Lipinski definition) is 4. The SMILES string of the molecule is COC(=O)c1cn(C[C@H](c2c(F)cccc2Cl)c2c[nH]c3ccccc23)cc2c(=O)[nH]nc1-2. The Balaban J connectivity index is 1.72. The van der Waals surface area contributed by atoms with Crippen LogP contribution in [0.2, 0.25) is 5.02 Å². The quantitative estimate of drug-likeness (QED) is 0.373. The number of carbonyl (C=O) groups excluding carboxylic acids is 1. The average Bonchev–Trinajstić information content (AvgIpc) is 3.41. The number of benzene rings is 2. The number of fused-ring (bicyclic) bond motifs is 2. The molecule has 5 rings (SSSR count). The molecule has 2 aliphatic rings. The Morgan fingerprint density at radius 3 is 2.82 bits per heavy atom. The summed E-state index contributed by atoms with van der Waals surface area (Å²) < 4.78 is 21.6. The molecule has 9 heteroatoms. The smallest absolute Gasteiger partial charge is 0.341 e. The molecule has 2 aromatic carbocycles. The average molecular weight is 465 g/mol. The minimum atomic E-state index is -0.631. The van der Waals surface area contributed by atoms with Gasteiger partial charge in [0.05, 0.1) is 12.7 Å². The van der Waals surface area contributed by atoms with Gasteiger partial charge in [-0.05, 0) is 23.8 Å². The van der Waals surface area contributed by atoms with Crippen LogP contribution in [0.3, 0.4) is 0 Å². The molecule has 0 saturated heterocycles. The molecule has 0 unspecified atom stereocenters. The zero-order valence-corrected chi connectivity index (χ0v) is 18.2. The van der Waals surface area contributed by atoms with Crippen LogP contribution in [-0.2, 0) is 11.3 Å². The van der Waals surface area contributed by atoms with Crippen LogP contribution in [-0.4, -0.2) is 32.8 Å². The number of carbonyl (C=O) groups is 1. The van der Waals surface area contributed by atoms with Crippen LogP contribution in [0.5, 0.6) is 0 Å². The van der Waals surface area contributed by atoms with Crippen molar-refractivity contribution in [2.45, 2.75) is 12.5 Å². The number of hydrogen-bond donors (Lipinski definition) is 2. The maximum absolute atomic E-state index is 15.1. The molecule has 2 N–H and O–H groups in total. The van der Waals surface area contributed by atoms with Crippen LogP contribution in [0.15, 0.2) is 65.8 Å². The second kappa shape index (κ2) is 8.22. The van der Waals surface area contributed by atoms with E-state index in [4.69, 9.17) is 16.3 Å². The Labute approximate surface area is 192 Å². The van der Waals surface area contributed by atoms with E-state index in [1.165, 1.54) is 13.2 Å². The minimum absolute atomic E-state index is 0.130. The van der Waals surface area contributed by atoms with Gasteiger partial charge in [0.1, 0.15) is 17.1 Å². The van der Waals surface area contributed by atoms with Gasteiger partial charge >= 0.3 is 5.97 Å². The zero-order valence-electron chi connectivity index (χ0n) is 17.4. The summed E-state index contributed by atoms with van der Waals surface area (Å²) in [6.45, 7) is 0.201. The fourth-order valence-corrected chi connectivity index (χ4v) is 4.53. The number of esters is 1. The Morgan fingerprint density at radius 2 is 2.03 bits per heavy atom. The lowest BCUT2D eigenvalue weighted by atomic mass is 9.90. The van der Waals surface area contributed by atoms with Gasteiger partial charge in [0.2, 0.25) is 0 Å². The molecule has 3 aromatic rings. The fraction of sp³-hybridized carbons (Fsp3) is 0.125. The number of para-hydroxylation sites is 1. The van der Waals surface area contributed by atoms with E-state index in [0.717, 1.165) is 16.5 Å². The number of methoxy groups -OCH3 is 1. The third kappa shape index (κ3) is 3.58. The molecule has 0 spiro atoms. The molecule has 0 saturated carbocycles. The zero-order chi connectivity index (χ0) is 23.1. The van der Waals surface area contributed by atoms with E-state index in [-0.39, 0.29) is 28.4 Å². The minimum Gasteiger partial charge on any atom is -0.465 e. The van der Waals surface area contributed by atoms with E-state index in [0.29, 0.717) is 5.56 Å². The normalized spacial score (nSPS) is 12.3. The van der Waals surface area contributed by atoms with E-state index >= 15 is 4.39 Å². The van der Waals surface area contributed by atoms with Crippen LogP contribution in [0, 0.1) is 5.82 Å². The molecule has 33 heavy (non-hydrogen) atoms. The summed E-state index contributed by atoms with van der Waals surface area (Å²) >= 11 is 6.47. The van der Waals surface area contributed by atoms with Crippen LogP contribution in [0.25, 0.3) is 22.2 Å². The molecule has 3 heterocycles. The van der Waals surface area contributed by atoms with Gasteiger partial charge in [0.15, 0.2) is 0 Å². The number of aromatic nitrogens is 4. The highest BCUT2D eigenvalue weighted by molar-refractivity contribution is 6.31. The molecule has 2 aliphatic heterocycles. The lowest BCUT2D eigenvalue weighted by molar-refractivity contribution is 0.0600. The molecule has 0 bridgehead atoms. The van der Waals surface area contributed by atoms with Gasteiger partial charge in [-0.15, -0.1) is 0 Å². The standard InChI is InChI=1S/C24H18ClFN4O3/c1-33-24(32)17-12-30(11-16-22(17)28-29-23(16)31)10-15(21-18(25)6-4-7-19(21)26)14-9-27-20-8-3-2-5-13(14)20/h2-9,11-12,15,27H,10H2,1H3,(H,29,31)/t15-/m0/s1. The fourth-order valence-electron chi connectivity index (χ4n) is 4.24. The summed E-state index contributed by atoms with van der Waals surface area (Å²) in [6.07, 6.45) is 4.96. The van der Waals surface area contributed by atoms with Gasteiger partial charge in [-0.3, -0.25) is 4.79 Å². The van der Waals surface area contributed by atoms with Gasteiger partial charge in [0, 0.05) is 52.5 Å². The van der Waals surface area contributed by atoms with Crippen LogP contribution in [0.1, 0.15) is 27.4 Å². The lowest BCUT2D eigenvalue weighted by Gasteiger charge is -2.22. The van der Waals surface area contributed by atoms with Gasteiger partial charge in [-0.25, -0.2) is 14.3 Å². The monoisotopic (exact) mass is 464 g/mol. The predicted octanol–water partition coefficient (Wildman–Crippen LogP) is 4.57. The molecule has 0 amide bonds. The van der Waals surface area contributed by atoms with Gasteiger partial charge in [-0.1, -0.05) is 35.9 Å². The number of pyridine rings is 1. The number of ether oxygens (including phenoxy) is 1. The Hall–Kier alpha value is -3.91. The molecule has 0 radical (unpaired) electrons. The Morgan fingerprint density at radius 1 is 1.21 bits per heavy atom. The van der Waals surface area contributed by atoms with Crippen molar-refractivity contribution >= 4 is 28.5 Å². The first-order valence-electron chi connectivity index (χ1n) is 10.1. The van der Waals surface area contributed by atoms with Crippen molar-refractivity contribution in [1.29, 1.82) is 0 Å². The lowest BCUT2D eigenvalue weighted by Crippen LogP contribution is -2.17. The molecule has 0 aliphatic carbocycles. The van der Waals surface area contributed by atoms with E-state index < -0.39 is 23.3 Å². The number of rotatable bonds is 5. The predicted molar refractivity (Wildman–Crippen MR) is 122 cm³/mol. The molecular weight excluding hydrogens is 447 g/mol. The van der Waals surface area contributed by atoms with Crippen molar-refractivity contribution in [3.05, 3.63) is 98.9 Å².